The first-order valence-corrected chi connectivity index (χ1v) is 9.97. The Morgan fingerprint density at radius 3 is 2.38 bits per heavy atom. The van der Waals surface area contributed by atoms with Crippen LogP contribution in [0.5, 0.6) is 0 Å². The number of rotatable bonds is 7. The summed E-state index contributed by atoms with van der Waals surface area (Å²) in [4.78, 5) is 42.2. The molecule has 0 aliphatic carbocycles. The molecule has 0 spiro atoms. The van der Waals surface area contributed by atoms with Crippen LogP contribution in [0.3, 0.4) is 0 Å². The minimum Gasteiger partial charge on any atom is -0.302 e. The van der Waals surface area contributed by atoms with Crippen molar-refractivity contribution in [2.75, 3.05) is 0 Å². The van der Waals surface area contributed by atoms with Gasteiger partial charge in [0.2, 0.25) is 5.95 Å². The maximum atomic E-state index is 13.2. The third kappa shape index (κ3) is 3.56. The van der Waals surface area contributed by atoms with E-state index in [4.69, 9.17) is 0 Å². The van der Waals surface area contributed by atoms with Crippen molar-refractivity contribution in [2.45, 2.75) is 60.5 Å². The summed E-state index contributed by atoms with van der Waals surface area (Å²) in [6.45, 7) is 9.80. The molecule has 3 rings (SSSR count). The number of aromatic nitrogens is 6. The molecule has 3 heterocycles. The van der Waals surface area contributed by atoms with E-state index in [1.54, 1.807) is 11.7 Å². The summed E-state index contributed by atoms with van der Waals surface area (Å²) < 4.78 is 5.90. The van der Waals surface area contributed by atoms with E-state index < -0.39 is 11.2 Å². The van der Waals surface area contributed by atoms with E-state index in [2.05, 4.69) is 10.1 Å². The highest BCUT2D eigenvalue weighted by atomic mass is 16.2. The van der Waals surface area contributed by atoms with Crippen LogP contribution in [0.25, 0.3) is 17.1 Å². The normalized spacial score (nSPS) is 11.7. The van der Waals surface area contributed by atoms with Crippen molar-refractivity contribution in [2.24, 2.45) is 13.0 Å². The summed E-state index contributed by atoms with van der Waals surface area (Å²) in [5.41, 5.74) is 1.48. The zero-order chi connectivity index (χ0) is 21.5. The van der Waals surface area contributed by atoms with Gasteiger partial charge in [0.05, 0.1) is 12.2 Å². The molecule has 0 unspecified atom stereocenters. The van der Waals surface area contributed by atoms with E-state index in [0.29, 0.717) is 23.7 Å². The second kappa shape index (κ2) is 7.81. The van der Waals surface area contributed by atoms with Crippen LogP contribution in [0.1, 0.15) is 46.0 Å². The first-order valence-electron chi connectivity index (χ1n) is 9.97. The second-order valence-corrected chi connectivity index (χ2v) is 7.77. The molecule has 9 nitrogen and oxygen atoms in total. The van der Waals surface area contributed by atoms with E-state index in [0.717, 1.165) is 28.8 Å². The Bertz CT molecular complexity index is 1190. The Hall–Kier alpha value is -2.97. The maximum absolute atomic E-state index is 13.2. The first-order chi connectivity index (χ1) is 13.7. The fourth-order valence-corrected chi connectivity index (χ4v) is 3.49. The molecule has 0 aliphatic rings. The average molecular weight is 400 g/mol. The van der Waals surface area contributed by atoms with Crippen molar-refractivity contribution in [1.29, 1.82) is 0 Å². The van der Waals surface area contributed by atoms with Crippen molar-refractivity contribution in [3.05, 3.63) is 38.3 Å². The summed E-state index contributed by atoms with van der Waals surface area (Å²) in [6, 6.07) is 2.03. The number of hydrogen-bond donors (Lipinski definition) is 0. The highest BCUT2D eigenvalue weighted by Gasteiger charge is 2.23. The molecule has 0 fully saturated rings. The van der Waals surface area contributed by atoms with Gasteiger partial charge in [-0.15, -0.1) is 0 Å². The molecule has 0 N–H and O–H groups in total. The van der Waals surface area contributed by atoms with Gasteiger partial charge in [-0.3, -0.25) is 18.7 Å². The van der Waals surface area contributed by atoms with Crippen LogP contribution in [0.2, 0.25) is 0 Å². The van der Waals surface area contributed by atoms with Crippen LogP contribution < -0.4 is 11.2 Å². The average Bonchev–Trinajstić information content (AvgIpc) is 3.24. The molecular weight excluding hydrogens is 372 g/mol. The van der Waals surface area contributed by atoms with Gasteiger partial charge in [0.15, 0.2) is 11.2 Å². The summed E-state index contributed by atoms with van der Waals surface area (Å²) in [5.74, 6) is 0.486. The summed E-state index contributed by atoms with van der Waals surface area (Å²) in [5, 5.41) is 4.67. The number of carbonyl (C=O) groups is 1. The molecule has 0 amide bonds. The summed E-state index contributed by atoms with van der Waals surface area (Å²) in [7, 11) is 1.57. The third-order valence-electron chi connectivity index (χ3n) is 4.89. The predicted molar refractivity (Wildman–Crippen MR) is 111 cm³/mol. The fourth-order valence-electron chi connectivity index (χ4n) is 3.49. The Morgan fingerprint density at radius 2 is 1.83 bits per heavy atom. The van der Waals surface area contributed by atoms with Crippen molar-refractivity contribution >= 4 is 16.9 Å². The Balaban J connectivity index is 2.44. The third-order valence-corrected chi connectivity index (χ3v) is 4.89. The van der Waals surface area contributed by atoms with E-state index in [9.17, 15) is 14.4 Å². The number of Topliss-reactive ketones (excluding diaryl/α,β-unsaturated/α-hetero) is 1. The van der Waals surface area contributed by atoms with Gasteiger partial charge >= 0.3 is 5.69 Å². The lowest BCUT2D eigenvalue weighted by molar-refractivity contribution is -0.117. The number of imidazole rings is 1. The van der Waals surface area contributed by atoms with Crippen molar-refractivity contribution in [3.63, 3.8) is 0 Å². The molecule has 0 aromatic carbocycles. The van der Waals surface area contributed by atoms with Crippen LogP contribution in [-0.2, 0) is 37.8 Å². The minimum absolute atomic E-state index is 0.232. The zero-order valence-corrected chi connectivity index (χ0v) is 17.9. The Morgan fingerprint density at radius 1 is 1.14 bits per heavy atom. The zero-order valence-electron chi connectivity index (χ0n) is 17.9. The van der Waals surface area contributed by atoms with Gasteiger partial charge in [-0.2, -0.15) is 10.1 Å². The standard InChI is InChI=1S/C20H28N6O3/c1-7-14-9-15(8-2)26(22-14)19-21-17-16(24(19)10-12(3)4)18(28)25(11-13(5)27)20(29)23(17)6/h9,12H,7-8,10-11H2,1-6H3. The van der Waals surface area contributed by atoms with E-state index in [1.165, 1.54) is 11.5 Å². The molecule has 3 aromatic heterocycles. The van der Waals surface area contributed by atoms with Crippen molar-refractivity contribution < 1.29 is 4.79 Å². The lowest BCUT2D eigenvalue weighted by Gasteiger charge is -2.13. The SMILES string of the molecule is CCc1cc(CC)n(-c2nc3c(c(=O)n(CC(C)=O)c(=O)n3C)n2CC(C)C)n1. The quantitative estimate of drug-likeness (QED) is 0.598. The lowest BCUT2D eigenvalue weighted by atomic mass is 10.2. The number of carbonyl (C=O) groups excluding carboxylic acids is 1. The smallest absolute Gasteiger partial charge is 0.302 e. The van der Waals surface area contributed by atoms with Crippen LogP contribution in [0.4, 0.5) is 0 Å². The summed E-state index contributed by atoms with van der Waals surface area (Å²) >= 11 is 0. The molecule has 29 heavy (non-hydrogen) atoms. The minimum atomic E-state index is -0.552. The van der Waals surface area contributed by atoms with Crippen LogP contribution in [0.15, 0.2) is 15.7 Å². The number of fused-ring (bicyclic) bond motifs is 1. The van der Waals surface area contributed by atoms with Gasteiger partial charge < -0.3 is 4.57 Å². The number of nitrogens with zero attached hydrogens (tertiary/aromatic N) is 6. The Kier molecular flexibility index (Phi) is 5.59. The maximum Gasteiger partial charge on any atom is 0.332 e. The van der Waals surface area contributed by atoms with Gasteiger partial charge in [-0.25, -0.2) is 9.48 Å². The van der Waals surface area contributed by atoms with E-state index in [1.807, 2.05) is 38.3 Å². The largest absolute Gasteiger partial charge is 0.332 e. The van der Waals surface area contributed by atoms with Crippen LogP contribution >= 0.6 is 0 Å². The summed E-state index contributed by atoms with van der Waals surface area (Å²) in [6.07, 6.45) is 1.54. The molecule has 0 radical (unpaired) electrons. The van der Waals surface area contributed by atoms with Gasteiger partial charge in [-0.05, 0) is 31.7 Å². The van der Waals surface area contributed by atoms with E-state index in [-0.39, 0.29) is 18.2 Å². The van der Waals surface area contributed by atoms with Crippen LogP contribution in [0, 0.1) is 5.92 Å². The molecule has 156 valence electrons. The van der Waals surface area contributed by atoms with E-state index >= 15 is 0 Å². The monoisotopic (exact) mass is 400 g/mol. The molecule has 3 aromatic rings. The lowest BCUT2D eigenvalue weighted by Crippen LogP contribution is -2.41. The first kappa shape index (κ1) is 20.8. The number of hydrogen-bond acceptors (Lipinski definition) is 5. The van der Waals surface area contributed by atoms with Gasteiger partial charge in [0.1, 0.15) is 5.78 Å². The molecule has 0 aliphatic heterocycles. The molecule has 0 atom stereocenters. The molecular formula is C20H28N6O3. The molecule has 0 bridgehead atoms. The van der Waals surface area contributed by atoms with Gasteiger partial charge in [-0.1, -0.05) is 27.7 Å². The van der Waals surface area contributed by atoms with Gasteiger partial charge in [0, 0.05) is 19.3 Å². The van der Waals surface area contributed by atoms with Crippen molar-refractivity contribution in [1.82, 2.24) is 28.5 Å². The Labute approximate surface area is 168 Å². The molecule has 0 saturated carbocycles. The van der Waals surface area contributed by atoms with Crippen LogP contribution in [-0.4, -0.2) is 34.2 Å². The number of aryl methyl sites for hydroxylation is 3. The van der Waals surface area contributed by atoms with Crippen molar-refractivity contribution in [3.8, 4) is 5.95 Å². The molecule has 9 heteroatoms. The number of ketones is 1. The highest BCUT2D eigenvalue weighted by molar-refractivity contribution is 5.76. The van der Waals surface area contributed by atoms with Gasteiger partial charge in [0.25, 0.3) is 5.56 Å². The molecule has 0 saturated heterocycles. The highest BCUT2D eigenvalue weighted by Crippen LogP contribution is 2.20. The topological polar surface area (TPSA) is 96.7 Å². The second-order valence-electron chi connectivity index (χ2n) is 7.77. The predicted octanol–water partition coefficient (Wildman–Crippen LogP) is 1.45. The fraction of sp³-hybridized carbons (Fsp3) is 0.550.